The van der Waals surface area contributed by atoms with Gasteiger partial charge in [0.1, 0.15) is 0 Å². The SMILES string of the molecule is CCN1CCC(CNC(C)C2CC2)C1. The Hall–Kier alpha value is -0.0800. The molecule has 0 spiro atoms. The van der Waals surface area contributed by atoms with E-state index in [4.69, 9.17) is 0 Å². The van der Waals surface area contributed by atoms with Crippen molar-refractivity contribution in [1.29, 1.82) is 0 Å². The molecule has 1 N–H and O–H groups in total. The fourth-order valence-electron chi connectivity index (χ4n) is 2.48. The Kier molecular flexibility index (Phi) is 3.45. The van der Waals surface area contributed by atoms with Gasteiger partial charge in [0.15, 0.2) is 0 Å². The minimum atomic E-state index is 0.769. The number of rotatable bonds is 5. The van der Waals surface area contributed by atoms with E-state index in [1.54, 1.807) is 0 Å². The molecule has 14 heavy (non-hydrogen) atoms. The topological polar surface area (TPSA) is 15.3 Å². The Bertz CT molecular complexity index is 177. The highest BCUT2D eigenvalue weighted by molar-refractivity contribution is 4.85. The number of likely N-dealkylation sites (tertiary alicyclic amines) is 1. The molecule has 1 saturated carbocycles. The Labute approximate surface area is 88.1 Å². The zero-order valence-corrected chi connectivity index (χ0v) is 9.63. The second-order valence-corrected chi connectivity index (χ2v) is 5.08. The van der Waals surface area contributed by atoms with E-state index < -0.39 is 0 Å². The summed E-state index contributed by atoms with van der Waals surface area (Å²) in [4.78, 5) is 2.56. The van der Waals surface area contributed by atoms with Crippen LogP contribution in [-0.2, 0) is 0 Å². The molecule has 0 radical (unpaired) electrons. The first-order valence-corrected chi connectivity index (χ1v) is 6.25. The van der Waals surface area contributed by atoms with Crippen LogP contribution in [0.1, 0.15) is 33.1 Å². The van der Waals surface area contributed by atoms with Gasteiger partial charge in [-0.2, -0.15) is 0 Å². The molecule has 2 aliphatic rings. The summed E-state index contributed by atoms with van der Waals surface area (Å²) in [6.07, 6.45) is 4.32. The smallest absolute Gasteiger partial charge is 0.00671 e. The Morgan fingerprint density at radius 3 is 2.71 bits per heavy atom. The standard InChI is InChI=1S/C12H24N2/c1-3-14-7-6-11(9-14)8-13-10(2)12-4-5-12/h10-13H,3-9H2,1-2H3. The molecule has 1 aliphatic carbocycles. The molecule has 0 aromatic heterocycles. The van der Waals surface area contributed by atoms with Gasteiger partial charge in [-0.05, 0) is 57.7 Å². The highest BCUT2D eigenvalue weighted by atomic mass is 15.1. The van der Waals surface area contributed by atoms with Gasteiger partial charge in [-0.15, -0.1) is 0 Å². The molecule has 0 amide bonds. The average molecular weight is 196 g/mol. The molecule has 2 rings (SSSR count). The van der Waals surface area contributed by atoms with Gasteiger partial charge in [-0.3, -0.25) is 0 Å². The third-order valence-electron chi connectivity index (χ3n) is 3.87. The summed E-state index contributed by atoms with van der Waals surface area (Å²) in [5, 5.41) is 3.70. The van der Waals surface area contributed by atoms with Crippen LogP contribution in [0.3, 0.4) is 0 Å². The fraction of sp³-hybridized carbons (Fsp3) is 1.00. The second kappa shape index (κ2) is 4.63. The van der Waals surface area contributed by atoms with Gasteiger partial charge in [0, 0.05) is 12.6 Å². The maximum Gasteiger partial charge on any atom is 0.00671 e. The van der Waals surface area contributed by atoms with E-state index in [-0.39, 0.29) is 0 Å². The number of hydrogen-bond donors (Lipinski definition) is 1. The van der Waals surface area contributed by atoms with Gasteiger partial charge in [0.05, 0.1) is 0 Å². The summed E-state index contributed by atoms with van der Waals surface area (Å²) in [5.74, 6) is 1.91. The van der Waals surface area contributed by atoms with E-state index in [1.165, 1.54) is 45.4 Å². The van der Waals surface area contributed by atoms with Crippen molar-refractivity contribution in [2.45, 2.75) is 39.2 Å². The molecular formula is C12H24N2. The van der Waals surface area contributed by atoms with Crippen molar-refractivity contribution < 1.29 is 0 Å². The number of nitrogens with zero attached hydrogens (tertiary/aromatic N) is 1. The van der Waals surface area contributed by atoms with Crippen LogP contribution >= 0.6 is 0 Å². The third-order valence-corrected chi connectivity index (χ3v) is 3.87. The molecule has 2 fully saturated rings. The van der Waals surface area contributed by atoms with Gasteiger partial charge in [-0.1, -0.05) is 6.92 Å². The molecule has 2 heteroatoms. The summed E-state index contributed by atoms with van der Waals surface area (Å²) in [6, 6.07) is 0.769. The van der Waals surface area contributed by atoms with Crippen molar-refractivity contribution in [1.82, 2.24) is 10.2 Å². The number of hydrogen-bond acceptors (Lipinski definition) is 2. The first-order valence-electron chi connectivity index (χ1n) is 6.25. The molecule has 1 saturated heterocycles. The summed E-state index contributed by atoms with van der Waals surface area (Å²) < 4.78 is 0. The lowest BCUT2D eigenvalue weighted by Gasteiger charge is -2.17. The van der Waals surface area contributed by atoms with Crippen molar-refractivity contribution in [2.24, 2.45) is 11.8 Å². The van der Waals surface area contributed by atoms with Crippen LogP contribution in [0.15, 0.2) is 0 Å². The van der Waals surface area contributed by atoms with E-state index in [0.717, 1.165) is 17.9 Å². The maximum atomic E-state index is 3.70. The fourth-order valence-corrected chi connectivity index (χ4v) is 2.48. The molecule has 2 atom stereocenters. The zero-order chi connectivity index (χ0) is 9.97. The zero-order valence-electron chi connectivity index (χ0n) is 9.63. The number of nitrogens with one attached hydrogen (secondary N) is 1. The van der Waals surface area contributed by atoms with Gasteiger partial charge in [-0.25, -0.2) is 0 Å². The molecule has 1 heterocycles. The lowest BCUT2D eigenvalue weighted by molar-refractivity contribution is 0.333. The van der Waals surface area contributed by atoms with Gasteiger partial charge in [0.25, 0.3) is 0 Å². The van der Waals surface area contributed by atoms with E-state index in [9.17, 15) is 0 Å². The average Bonchev–Trinajstić information content (AvgIpc) is 2.94. The molecule has 1 aliphatic heterocycles. The van der Waals surface area contributed by atoms with Crippen LogP contribution < -0.4 is 5.32 Å². The van der Waals surface area contributed by atoms with E-state index >= 15 is 0 Å². The molecule has 82 valence electrons. The lowest BCUT2D eigenvalue weighted by atomic mass is 10.1. The predicted molar refractivity (Wildman–Crippen MR) is 60.4 cm³/mol. The van der Waals surface area contributed by atoms with E-state index in [0.29, 0.717) is 0 Å². The van der Waals surface area contributed by atoms with E-state index in [2.05, 4.69) is 24.1 Å². The minimum Gasteiger partial charge on any atom is -0.314 e. The maximum absolute atomic E-state index is 3.70. The molecule has 0 aromatic carbocycles. The normalized spacial score (nSPS) is 30.9. The molecule has 2 unspecified atom stereocenters. The first kappa shape index (κ1) is 10.4. The van der Waals surface area contributed by atoms with Crippen LogP contribution in [0, 0.1) is 11.8 Å². The first-order chi connectivity index (χ1) is 6.79. The molecule has 0 aromatic rings. The van der Waals surface area contributed by atoms with Crippen molar-refractivity contribution in [2.75, 3.05) is 26.2 Å². The summed E-state index contributed by atoms with van der Waals surface area (Å²) >= 11 is 0. The Balaban J connectivity index is 1.61. The van der Waals surface area contributed by atoms with Crippen LogP contribution in [0.2, 0.25) is 0 Å². The Morgan fingerprint density at radius 2 is 2.14 bits per heavy atom. The van der Waals surface area contributed by atoms with Crippen LogP contribution in [0.4, 0.5) is 0 Å². The minimum absolute atomic E-state index is 0.769. The van der Waals surface area contributed by atoms with Crippen molar-refractivity contribution in [3.63, 3.8) is 0 Å². The van der Waals surface area contributed by atoms with Crippen molar-refractivity contribution in [3.05, 3.63) is 0 Å². The third kappa shape index (κ3) is 2.71. The van der Waals surface area contributed by atoms with Gasteiger partial charge < -0.3 is 10.2 Å². The van der Waals surface area contributed by atoms with Crippen LogP contribution in [0.5, 0.6) is 0 Å². The lowest BCUT2D eigenvalue weighted by Crippen LogP contribution is -2.33. The molecule has 0 bridgehead atoms. The van der Waals surface area contributed by atoms with E-state index in [1.807, 2.05) is 0 Å². The van der Waals surface area contributed by atoms with Gasteiger partial charge >= 0.3 is 0 Å². The summed E-state index contributed by atoms with van der Waals surface area (Å²) in [5.41, 5.74) is 0. The van der Waals surface area contributed by atoms with Crippen LogP contribution in [0.25, 0.3) is 0 Å². The highest BCUT2D eigenvalue weighted by Crippen LogP contribution is 2.32. The quantitative estimate of drug-likeness (QED) is 0.720. The summed E-state index contributed by atoms with van der Waals surface area (Å²) in [6.45, 7) is 9.73. The van der Waals surface area contributed by atoms with Crippen molar-refractivity contribution in [3.8, 4) is 0 Å². The second-order valence-electron chi connectivity index (χ2n) is 5.08. The molecule has 2 nitrogen and oxygen atoms in total. The largest absolute Gasteiger partial charge is 0.314 e. The van der Waals surface area contributed by atoms with Gasteiger partial charge in [0.2, 0.25) is 0 Å². The summed E-state index contributed by atoms with van der Waals surface area (Å²) in [7, 11) is 0. The van der Waals surface area contributed by atoms with Crippen LogP contribution in [-0.4, -0.2) is 37.1 Å². The Morgan fingerprint density at radius 1 is 1.36 bits per heavy atom. The molecular weight excluding hydrogens is 172 g/mol. The van der Waals surface area contributed by atoms with Crippen molar-refractivity contribution >= 4 is 0 Å². The monoisotopic (exact) mass is 196 g/mol. The highest BCUT2D eigenvalue weighted by Gasteiger charge is 2.28. The predicted octanol–water partition coefficient (Wildman–Crippen LogP) is 1.72.